The smallest absolute Gasteiger partial charge is 0.462 e. The van der Waals surface area contributed by atoms with Crippen molar-refractivity contribution in [2.75, 3.05) is 26.4 Å². The van der Waals surface area contributed by atoms with Gasteiger partial charge in [-0.1, -0.05) is 243 Å². The van der Waals surface area contributed by atoms with E-state index in [0.717, 1.165) is 103 Å². The molecule has 0 amide bonds. The van der Waals surface area contributed by atoms with Crippen LogP contribution in [-0.4, -0.2) is 66.5 Å². The Hall–Kier alpha value is -2.30. The third-order valence-corrected chi connectivity index (χ3v) is 14.5. The second kappa shape index (κ2) is 56.9. The minimum atomic E-state index is -4.75. The van der Waals surface area contributed by atoms with E-state index in [4.69, 9.17) is 23.3 Å². The van der Waals surface area contributed by atoms with E-state index >= 15 is 0 Å². The molecule has 12 heteroatoms. The van der Waals surface area contributed by atoms with Crippen LogP contribution in [0.15, 0.2) is 36.5 Å². The molecule has 0 aromatic heterocycles. The first-order chi connectivity index (χ1) is 36.2. The molecule has 0 aliphatic carbocycles. The average Bonchev–Trinajstić information content (AvgIpc) is 3.39. The molecule has 0 saturated heterocycles. The van der Waals surface area contributed by atoms with Crippen LogP contribution in [0, 0.1) is 0 Å². The highest BCUT2D eigenvalue weighted by atomic mass is 31.2. The maximum Gasteiger partial charge on any atom is 0.472 e. The Morgan fingerprint density at radius 1 is 0.378 bits per heavy atom. The summed E-state index contributed by atoms with van der Waals surface area (Å²) in [4.78, 5) is 48.6. The van der Waals surface area contributed by atoms with Gasteiger partial charge in [-0.3, -0.25) is 23.4 Å². The normalized spacial score (nSPS) is 13.5. The van der Waals surface area contributed by atoms with E-state index in [-0.39, 0.29) is 25.9 Å². The monoisotopic (exact) mass is 1070 g/mol. The summed E-state index contributed by atoms with van der Waals surface area (Å²) in [5.41, 5.74) is 0. The van der Waals surface area contributed by atoms with E-state index in [9.17, 15) is 28.9 Å². The van der Waals surface area contributed by atoms with E-state index < -0.39 is 57.8 Å². The zero-order valence-corrected chi connectivity index (χ0v) is 49.0. The number of rotatable bonds is 58. The number of phosphoric ester groups is 1. The van der Waals surface area contributed by atoms with Crippen molar-refractivity contribution in [1.82, 2.24) is 0 Å². The van der Waals surface area contributed by atoms with E-state index in [0.29, 0.717) is 19.3 Å². The summed E-state index contributed by atoms with van der Waals surface area (Å²) >= 11 is 0. The van der Waals surface area contributed by atoms with Crippen molar-refractivity contribution in [2.24, 2.45) is 0 Å². The average molecular weight is 1070 g/mol. The fraction of sp³-hybridized carbons (Fsp3) is 0.855. The van der Waals surface area contributed by atoms with Crippen LogP contribution in [0.3, 0.4) is 0 Å². The second-order valence-corrected chi connectivity index (χ2v) is 22.3. The second-order valence-electron chi connectivity index (χ2n) is 20.9. The van der Waals surface area contributed by atoms with Crippen molar-refractivity contribution in [3.05, 3.63) is 36.5 Å². The van der Waals surface area contributed by atoms with E-state index in [1.54, 1.807) is 0 Å². The maximum absolute atomic E-state index is 12.9. The molecule has 0 fully saturated rings. The molecule has 0 aromatic carbocycles. The van der Waals surface area contributed by atoms with Gasteiger partial charge in [-0.2, -0.15) is 0 Å². The van der Waals surface area contributed by atoms with E-state index in [2.05, 4.69) is 57.2 Å². The number of phosphoric acid groups is 1. The number of aliphatic hydroxyl groups is 1. The minimum absolute atomic E-state index is 0.163. The lowest BCUT2D eigenvalue weighted by Gasteiger charge is -2.21. The van der Waals surface area contributed by atoms with Crippen LogP contribution in [-0.2, 0) is 42.2 Å². The van der Waals surface area contributed by atoms with Gasteiger partial charge in [0.15, 0.2) is 6.10 Å². The molecule has 2 N–H and O–H groups in total. The summed E-state index contributed by atoms with van der Waals surface area (Å²) in [5, 5.41) is 9.83. The van der Waals surface area contributed by atoms with Gasteiger partial charge in [-0.15, -0.1) is 0 Å². The molecule has 0 spiro atoms. The SMILES string of the molecule is CCCCC/C=C\C/C=C\CCCCCCCC(=O)OC(CO)COP(=O)(O)OCC(COC(=O)CCCCCCC/C=C\CCCCCCCC)OC(=O)CCCCCCCCCCCCCCCCCCC. The summed E-state index contributed by atoms with van der Waals surface area (Å²) in [6.07, 6.45) is 59.5. The third kappa shape index (κ3) is 54.5. The molecule has 3 unspecified atom stereocenters. The van der Waals surface area contributed by atoms with Crippen molar-refractivity contribution in [2.45, 2.75) is 315 Å². The zero-order valence-electron chi connectivity index (χ0n) is 48.1. The summed E-state index contributed by atoms with van der Waals surface area (Å²) in [6, 6.07) is 0. The van der Waals surface area contributed by atoms with Gasteiger partial charge in [0.2, 0.25) is 0 Å². The first kappa shape index (κ1) is 71.7. The fourth-order valence-electron chi connectivity index (χ4n) is 8.79. The Labute approximate surface area is 454 Å². The van der Waals surface area contributed by atoms with Crippen molar-refractivity contribution in [3.63, 3.8) is 0 Å². The van der Waals surface area contributed by atoms with Crippen molar-refractivity contribution < 1.29 is 52.2 Å². The highest BCUT2D eigenvalue weighted by molar-refractivity contribution is 7.47. The van der Waals surface area contributed by atoms with Crippen LogP contribution in [0.25, 0.3) is 0 Å². The first-order valence-corrected chi connectivity index (χ1v) is 32.4. The molecule has 434 valence electrons. The Bertz CT molecular complexity index is 1380. The molecular formula is C62H115O11P. The molecule has 0 heterocycles. The maximum atomic E-state index is 12.9. The molecule has 74 heavy (non-hydrogen) atoms. The van der Waals surface area contributed by atoms with Crippen molar-refractivity contribution in [3.8, 4) is 0 Å². The minimum Gasteiger partial charge on any atom is -0.462 e. The number of hydrogen-bond acceptors (Lipinski definition) is 10. The molecule has 0 radical (unpaired) electrons. The van der Waals surface area contributed by atoms with Crippen LogP contribution in [0.2, 0.25) is 0 Å². The molecule has 0 rings (SSSR count). The number of allylic oxidation sites excluding steroid dienone is 6. The number of ether oxygens (including phenoxy) is 3. The van der Waals surface area contributed by atoms with Crippen molar-refractivity contribution >= 4 is 25.7 Å². The lowest BCUT2D eigenvalue weighted by Crippen LogP contribution is -2.30. The molecule has 0 aromatic rings. The van der Waals surface area contributed by atoms with Crippen LogP contribution in [0.5, 0.6) is 0 Å². The van der Waals surface area contributed by atoms with Crippen LogP contribution in [0.1, 0.15) is 303 Å². The van der Waals surface area contributed by atoms with Gasteiger partial charge in [-0.05, 0) is 77.0 Å². The number of esters is 3. The quantitative estimate of drug-likeness (QED) is 0.0197. The largest absolute Gasteiger partial charge is 0.472 e. The Morgan fingerprint density at radius 3 is 1.04 bits per heavy atom. The summed E-state index contributed by atoms with van der Waals surface area (Å²) in [7, 11) is -4.75. The predicted octanol–water partition coefficient (Wildman–Crippen LogP) is 18.4. The van der Waals surface area contributed by atoms with Gasteiger partial charge in [0, 0.05) is 19.3 Å². The summed E-state index contributed by atoms with van der Waals surface area (Å²) in [6.45, 7) is 4.65. The molecule has 0 bridgehead atoms. The highest BCUT2D eigenvalue weighted by Crippen LogP contribution is 2.43. The van der Waals surface area contributed by atoms with Gasteiger partial charge in [0.25, 0.3) is 0 Å². The van der Waals surface area contributed by atoms with Gasteiger partial charge in [0.1, 0.15) is 12.7 Å². The fourth-order valence-corrected chi connectivity index (χ4v) is 9.58. The molecule has 0 aliphatic heterocycles. The summed E-state index contributed by atoms with van der Waals surface area (Å²) in [5.74, 6) is -1.47. The topological polar surface area (TPSA) is 155 Å². The molecule has 3 atom stereocenters. The number of aliphatic hydroxyl groups excluding tert-OH is 1. The number of unbranched alkanes of at least 4 members (excludes halogenated alkanes) is 35. The molecule has 0 saturated carbocycles. The van der Waals surface area contributed by atoms with Gasteiger partial charge in [0.05, 0.1) is 19.8 Å². The predicted molar refractivity (Wildman–Crippen MR) is 307 cm³/mol. The van der Waals surface area contributed by atoms with Crippen LogP contribution >= 0.6 is 7.82 Å². The van der Waals surface area contributed by atoms with E-state index in [1.165, 1.54) is 141 Å². The standard InChI is InChI=1S/C62H115O11P/c1-4-7-10-13-16-19-22-25-28-29-32-35-38-41-44-47-50-53-62(66)73-59(55-69-60(64)51-48-45-42-39-36-33-30-26-23-20-17-14-11-8-5-2)57-71-74(67,68)70-56-58(54-63)72-61(65)52-49-46-43-40-37-34-31-27-24-21-18-15-12-9-6-3/h18,21,26-27,30-31,58-59,63H,4-17,19-20,22-25,28-29,32-57H2,1-3H3,(H,67,68)/b21-18-,30-26-,31-27-. The molecule has 11 nitrogen and oxygen atoms in total. The molecule has 0 aliphatic rings. The van der Waals surface area contributed by atoms with Crippen LogP contribution in [0.4, 0.5) is 0 Å². The molecular weight excluding hydrogens is 952 g/mol. The highest BCUT2D eigenvalue weighted by Gasteiger charge is 2.28. The lowest BCUT2D eigenvalue weighted by molar-refractivity contribution is -0.161. The number of hydrogen-bond donors (Lipinski definition) is 2. The van der Waals surface area contributed by atoms with Gasteiger partial charge >= 0.3 is 25.7 Å². The Balaban J connectivity index is 4.70. The van der Waals surface area contributed by atoms with E-state index in [1.807, 2.05) is 0 Å². The lowest BCUT2D eigenvalue weighted by atomic mass is 10.0. The third-order valence-electron chi connectivity index (χ3n) is 13.5. The van der Waals surface area contributed by atoms with Gasteiger partial charge < -0.3 is 24.2 Å². The van der Waals surface area contributed by atoms with Crippen molar-refractivity contribution in [1.29, 1.82) is 0 Å². The Morgan fingerprint density at radius 2 is 0.662 bits per heavy atom. The first-order valence-electron chi connectivity index (χ1n) is 30.9. The zero-order chi connectivity index (χ0) is 54.1. The Kier molecular flexibility index (Phi) is 55.1. The van der Waals surface area contributed by atoms with Crippen LogP contribution < -0.4 is 0 Å². The van der Waals surface area contributed by atoms with Gasteiger partial charge in [-0.25, -0.2) is 4.57 Å². The summed E-state index contributed by atoms with van der Waals surface area (Å²) < 4.78 is 39.6. The number of carbonyl (C=O) groups is 3. The number of carbonyl (C=O) groups excluding carboxylic acids is 3.